The van der Waals surface area contributed by atoms with E-state index < -0.39 is 17.6 Å². The van der Waals surface area contributed by atoms with Crippen molar-refractivity contribution in [1.82, 2.24) is 10.6 Å². The number of rotatable bonds is 4. The number of carbonyl (C=O) groups excluding carboxylic acids is 2. The van der Waals surface area contributed by atoms with Gasteiger partial charge >= 0.3 is 11.8 Å². The standard InChI is InChI=1S/C13H20N2O4/c1-2-7-14-11(16)12(17)15-8-10-9-18-13(19-10)5-3-4-6-13/h2,10H,1,3-9H2,(H,14,16)(H,15,17). The van der Waals surface area contributed by atoms with Crippen LogP contribution in [0.5, 0.6) is 0 Å². The molecule has 1 saturated carbocycles. The first kappa shape index (κ1) is 14.0. The average molecular weight is 268 g/mol. The van der Waals surface area contributed by atoms with E-state index in [0.717, 1.165) is 25.7 Å². The number of carbonyl (C=O) groups is 2. The largest absolute Gasteiger partial charge is 0.347 e. The molecule has 106 valence electrons. The van der Waals surface area contributed by atoms with E-state index in [1.807, 2.05) is 0 Å². The van der Waals surface area contributed by atoms with Gasteiger partial charge in [-0.3, -0.25) is 9.59 Å². The van der Waals surface area contributed by atoms with Gasteiger partial charge in [0.2, 0.25) is 0 Å². The number of hydrogen-bond donors (Lipinski definition) is 2. The molecule has 19 heavy (non-hydrogen) atoms. The molecule has 0 aromatic rings. The van der Waals surface area contributed by atoms with Crippen LogP contribution < -0.4 is 10.6 Å². The molecule has 1 atom stereocenters. The Morgan fingerprint density at radius 1 is 1.26 bits per heavy atom. The van der Waals surface area contributed by atoms with E-state index in [-0.39, 0.29) is 12.6 Å². The summed E-state index contributed by atoms with van der Waals surface area (Å²) in [4.78, 5) is 22.8. The summed E-state index contributed by atoms with van der Waals surface area (Å²) in [5.41, 5.74) is 0. The van der Waals surface area contributed by atoms with Crippen LogP contribution in [0.2, 0.25) is 0 Å². The van der Waals surface area contributed by atoms with Crippen molar-refractivity contribution in [2.45, 2.75) is 37.6 Å². The summed E-state index contributed by atoms with van der Waals surface area (Å²) in [6.07, 6.45) is 5.40. The lowest BCUT2D eigenvalue weighted by Gasteiger charge is -2.21. The van der Waals surface area contributed by atoms with Gasteiger partial charge in [-0.05, 0) is 12.8 Å². The summed E-state index contributed by atoms with van der Waals surface area (Å²) in [5.74, 6) is -1.74. The second-order valence-corrected chi connectivity index (χ2v) is 4.88. The van der Waals surface area contributed by atoms with Crippen molar-refractivity contribution in [3.8, 4) is 0 Å². The Morgan fingerprint density at radius 2 is 1.95 bits per heavy atom. The highest BCUT2D eigenvalue weighted by molar-refractivity contribution is 6.35. The first-order chi connectivity index (χ1) is 9.15. The van der Waals surface area contributed by atoms with Gasteiger partial charge in [-0.25, -0.2) is 0 Å². The lowest BCUT2D eigenvalue weighted by atomic mass is 10.2. The van der Waals surface area contributed by atoms with Gasteiger partial charge in [-0.1, -0.05) is 6.08 Å². The molecular formula is C13H20N2O4. The molecule has 0 bridgehead atoms. The zero-order chi connectivity index (χ0) is 13.7. The number of hydrogen-bond acceptors (Lipinski definition) is 4. The summed E-state index contributed by atoms with van der Waals surface area (Å²) in [6.45, 7) is 4.50. The normalized spacial score (nSPS) is 24.3. The van der Waals surface area contributed by atoms with Gasteiger partial charge in [-0.15, -0.1) is 6.58 Å². The molecule has 6 nitrogen and oxygen atoms in total. The minimum atomic E-state index is -0.658. The molecule has 1 spiro atoms. The van der Waals surface area contributed by atoms with E-state index >= 15 is 0 Å². The van der Waals surface area contributed by atoms with Crippen LogP contribution >= 0.6 is 0 Å². The van der Waals surface area contributed by atoms with Gasteiger partial charge in [-0.2, -0.15) is 0 Å². The Bertz CT molecular complexity index is 364. The molecule has 1 saturated heterocycles. The molecule has 1 unspecified atom stereocenters. The average Bonchev–Trinajstić information content (AvgIpc) is 3.04. The fraction of sp³-hybridized carbons (Fsp3) is 0.692. The third-order valence-corrected chi connectivity index (χ3v) is 3.38. The van der Waals surface area contributed by atoms with Crippen LogP contribution in [0.4, 0.5) is 0 Å². The van der Waals surface area contributed by atoms with Crippen molar-refractivity contribution in [3.05, 3.63) is 12.7 Å². The Kier molecular flexibility index (Phi) is 4.55. The topological polar surface area (TPSA) is 76.7 Å². The summed E-state index contributed by atoms with van der Waals surface area (Å²) in [5, 5.41) is 4.96. The van der Waals surface area contributed by atoms with Gasteiger partial charge in [0.25, 0.3) is 0 Å². The first-order valence-corrected chi connectivity index (χ1v) is 6.64. The summed E-state index contributed by atoms with van der Waals surface area (Å²) in [7, 11) is 0. The maximum absolute atomic E-state index is 11.5. The number of ether oxygens (including phenoxy) is 2. The molecule has 1 aliphatic carbocycles. The van der Waals surface area contributed by atoms with Crippen molar-refractivity contribution in [1.29, 1.82) is 0 Å². The molecule has 0 aromatic carbocycles. The third-order valence-electron chi connectivity index (χ3n) is 3.38. The van der Waals surface area contributed by atoms with Gasteiger partial charge in [0.15, 0.2) is 5.79 Å². The molecule has 1 aliphatic heterocycles. The Labute approximate surface area is 112 Å². The quantitative estimate of drug-likeness (QED) is 0.559. The van der Waals surface area contributed by atoms with E-state index in [1.54, 1.807) is 0 Å². The fourth-order valence-corrected chi connectivity index (χ4v) is 2.43. The van der Waals surface area contributed by atoms with Crippen molar-refractivity contribution in [2.24, 2.45) is 0 Å². The first-order valence-electron chi connectivity index (χ1n) is 6.64. The van der Waals surface area contributed by atoms with Gasteiger partial charge < -0.3 is 20.1 Å². The lowest BCUT2D eigenvalue weighted by molar-refractivity contribution is -0.161. The highest BCUT2D eigenvalue weighted by Gasteiger charge is 2.43. The lowest BCUT2D eigenvalue weighted by Crippen LogP contribution is -2.43. The smallest absolute Gasteiger partial charge is 0.309 e. The van der Waals surface area contributed by atoms with Crippen LogP contribution in [-0.4, -0.2) is 43.4 Å². The van der Waals surface area contributed by atoms with Crippen LogP contribution in [0.1, 0.15) is 25.7 Å². The molecule has 2 aliphatic rings. The maximum atomic E-state index is 11.5. The summed E-state index contributed by atoms with van der Waals surface area (Å²) >= 11 is 0. The molecule has 1 heterocycles. The third kappa shape index (κ3) is 3.54. The second-order valence-electron chi connectivity index (χ2n) is 4.88. The zero-order valence-electron chi connectivity index (χ0n) is 10.9. The molecule has 0 aromatic heterocycles. The van der Waals surface area contributed by atoms with Crippen LogP contribution in [0.15, 0.2) is 12.7 Å². The number of nitrogens with one attached hydrogen (secondary N) is 2. The van der Waals surface area contributed by atoms with E-state index in [9.17, 15) is 9.59 Å². The van der Waals surface area contributed by atoms with E-state index in [2.05, 4.69) is 17.2 Å². The second kappa shape index (κ2) is 6.16. The van der Waals surface area contributed by atoms with Gasteiger partial charge in [0, 0.05) is 25.9 Å². The van der Waals surface area contributed by atoms with Crippen molar-refractivity contribution in [3.63, 3.8) is 0 Å². The van der Waals surface area contributed by atoms with Crippen LogP contribution in [0.3, 0.4) is 0 Å². The highest BCUT2D eigenvalue weighted by atomic mass is 16.7. The molecule has 2 rings (SSSR count). The summed E-state index contributed by atoms with van der Waals surface area (Å²) < 4.78 is 11.5. The van der Waals surface area contributed by atoms with Gasteiger partial charge in [0.1, 0.15) is 6.10 Å². The van der Waals surface area contributed by atoms with E-state index in [4.69, 9.17) is 9.47 Å². The number of amides is 2. The SMILES string of the molecule is C=CCNC(=O)C(=O)NCC1COC2(CCCC2)O1. The van der Waals surface area contributed by atoms with Crippen LogP contribution in [0, 0.1) is 0 Å². The highest BCUT2D eigenvalue weighted by Crippen LogP contribution is 2.38. The summed E-state index contributed by atoms with van der Waals surface area (Å²) in [6, 6.07) is 0. The molecule has 0 radical (unpaired) electrons. The van der Waals surface area contributed by atoms with Crippen molar-refractivity contribution >= 4 is 11.8 Å². The Hall–Kier alpha value is -1.40. The minimum Gasteiger partial charge on any atom is -0.347 e. The predicted molar refractivity (Wildman–Crippen MR) is 68.2 cm³/mol. The maximum Gasteiger partial charge on any atom is 0.309 e. The van der Waals surface area contributed by atoms with Gasteiger partial charge in [0.05, 0.1) is 6.61 Å². The molecule has 6 heteroatoms. The van der Waals surface area contributed by atoms with E-state index in [0.29, 0.717) is 13.2 Å². The van der Waals surface area contributed by atoms with E-state index in [1.165, 1.54) is 6.08 Å². The van der Waals surface area contributed by atoms with Crippen LogP contribution in [-0.2, 0) is 19.1 Å². The van der Waals surface area contributed by atoms with Crippen molar-refractivity contribution in [2.75, 3.05) is 19.7 Å². The molecule has 2 amide bonds. The zero-order valence-corrected chi connectivity index (χ0v) is 10.9. The molecular weight excluding hydrogens is 248 g/mol. The van der Waals surface area contributed by atoms with Crippen LogP contribution in [0.25, 0.3) is 0 Å². The Balaban J connectivity index is 1.70. The fourth-order valence-electron chi connectivity index (χ4n) is 2.43. The molecule has 2 fully saturated rings. The van der Waals surface area contributed by atoms with Crippen molar-refractivity contribution < 1.29 is 19.1 Å². The predicted octanol–water partition coefficient (Wildman–Crippen LogP) is 0.0905. The Morgan fingerprint density at radius 3 is 2.63 bits per heavy atom. The monoisotopic (exact) mass is 268 g/mol. The molecule has 2 N–H and O–H groups in total. The minimum absolute atomic E-state index is 0.172.